The first kappa shape index (κ1) is 42.5. The van der Waals surface area contributed by atoms with Gasteiger partial charge in [0.1, 0.15) is 37.1 Å². The lowest BCUT2D eigenvalue weighted by molar-refractivity contribution is -0.139. The number of anilines is 1. The second kappa shape index (κ2) is 19.2. The van der Waals surface area contributed by atoms with Gasteiger partial charge in [-0.05, 0) is 83.5 Å². The van der Waals surface area contributed by atoms with Gasteiger partial charge in [-0.15, -0.1) is 0 Å². The largest absolute Gasteiger partial charge is 0.492 e. The maximum Gasteiger partial charge on any atom is 0.306 e. The lowest BCUT2D eigenvalue weighted by atomic mass is 9.88. The summed E-state index contributed by atoms with van der Waals surface area (Å²) in [7, 11) is 1.82. The summed E-state index contributed by atoms with van der Waals surface area (Å²) in [6, 6.07) is 26.4. The van der Waals surface area contributed by atoms with Gasteiger partial charge in [0, 0.05) is 75.8 Å². The highest BCUT2D eigenvalue weighted by Gasteiger charge is 2.47. The first-order valence-corrected chi connectivity index (χ1v) is 20.6. The molecule has 1 spiro atoms. The Morgan fingerprint density at radius 1 is 0.917 bits per heavy atom. The van der Waals surface area contributed by atoms with Crippen LogP contribution in [0.25, 0.3) is 22.3 Å². The molecular weight excluding hydrogens is 782 g/mol. The Kier molecular flexibility index (Phi) is 13.6. The minimum atomic E-state index is -1.07. The number of benzene rings is 4. The van der Waals surface area contributed by atoms with Gasteiger partial charge >= 0.3 is 5.97 Å². The third-order valence-corrected chi connectivity index (χ3v) is 11.6. The molecule has 2 aliphatic heterocycles. The van der Waals surface area contributed by atoms with Crippen molar-refractivity contribution in [2.45, 2.75) is 64.5 Å². The molecule has 3 heterocycles. The van der Waals surface area contributed by atoms with Crippen LogP contribution in [0.3, 0.4) is 0 Å². The fraction of sp³-hybridized carbons (Fsp3) is 0.340. The van der Waals surface area contributed by atoms with Crippen LogP contribution < -0.4 is 30.2 Å². The summed E-state index contributed by atoms with van der Waals surface area (Å²) in [4.78, 5) is 29.3. The summed E-state index contributed by atoms with van der Waals surface area (Å²) in [5, 5.41) is 28.8. The predicted molar refractivity (Wildman–Crippen MR) is 233 cm³/mol. The summed E-state index contributed by atoms with van der Waals surface area (Å²) in [5.74, 6) is 0.903. The Bertz CT molecular complexity index is 2310. The molecule has 12 nitrogen and oxygen atoms in total. The van der Waals surface area contributed by atoms with Crippen LogP contribution in [0, 0.1) is 13.8 Å². The van der Waals surface area contributed by atoms with Crippen molar-refractivity contribution in [2.24, 2.45) is 0 Å². The van der Waals surface area contributed by atoms with E-state index >= 15 is 0 Å². The summed E-state index contributed by atoms with van der Waals surface area (Å²) in [5.41, 5.74) is 10.2. The number of aliphatic hydroxyl groups excluding tert-OH is 1. The van der Waals surface area contributed by atoms with Gasteiger partial charge in [0.15, 0.2) is 0 Å². The number of ether oxygens (including phenoxy) is 3. The number of aliphatic hydroxyl groups is 1. The van der Waals surface area contributed by atoms with E-state index in [4.69, 9.17) is 30.9 Å². The topological polar surface area (TPSA) is 155 Å². The number of carboxylic acid groups (broad SMARTS) is 1. The predicted octanol–water partition coefficient (Wildman–Crippen LogP) is 7.15. The first-order valence-electron chi connectivity index (χ1n) is 20.2. The molecule has 0 aliphatic carbocycles. The van der Waals surface area contributed by atoms with E-state index in [9.17, 15) is 14.7 Å². The number of hydrogen-bond donors (Lipinski definition) is 5. The molecule has 1 amide bonds. The number of likely N-dealkylation sites (tertiary alicyclic amines) is 1. The van der Waals surface area contributed by atoms with Crippen LogP contribution in [0.15, 0.2) is 91.3 Å². The van der Waals surface area contributed by atoms with Crippen molar-refractivity contribution in [2.75, 3.05) is 45.2 Å². The van der Waals surface area contributed by atoms with E-state index in [1.807, 2.05) is 31.3 Å². The quantitative estimate of drug-likeness (QED) is 0.0576. The highest BCUT2D eigenvalue weighted by Crippen LogP contribution is 2.37. The van der Waals surface area contributed by atoms with Crippen molar-refractivity contribution in [1.29, 1.82) is 0 Å². The van der Waals surface area contributed by atoms with E-state index in [1.54, 1.807) is 24.5 Å². The van der Waals surface area contributed by atoms with Gasteiger partial charge in [0.2, 0.25) is 5.91 Å². The van der Waals surface area contributed by atoms with E-state index in [0.717, 1.165) is 87.6 Å². The van der Waals surface area contributed by atoms with E-state index in [-0.39, 0.29) is 44.2 Å². The van der Waals surface area contributed by atoms with Crippen LogP contribution in [0.5, 0.6) is 17.2 Å². The summed E-state index contributed by atoms with van der Waals surface area (Å²) >= 11 is 6.80. The SMILES string of the molecule is CNc1cncc(COc2cc(OCc3cccc(-c4cccc(-c5ccc(OCCN6CC7(CCC(=O)N7)C6)cc5)c4C)c3C)c(Cl)cc2CNC[C@@H](O)CC(=O)O)c1. The second-order valence-electron chi connectivity index (χ2n) is 15.7. The van der Waals surface area contributed by atoms with Gasteiger partial charge in [0.05, 0.1) is 28.8 Å². The van der Waals surface area contributed by atoms with E-state index < -0.39 is 12.1 Å². The molecule has 2 saturated heterocycles. The first-order chi connectivity index (χ1) is 29.0. The van der Waals surface area contributed by atoms with Gasteiger partial charge in [-0.2, -0.15) is 0 Å². The molecule has 0 bridgehead atoms. The summed E-state index contributed by atoms with van der Waals surface area (Å²) in [6.07, 6.45) is 3.62. The van der Waals surface area contributed by atoms with Crippen molar-refractivity contribution in [3.8, 4) is 39.5 Å². The number of carboxylic acids is 1. The minimum absolute atomic E-state index is 0.0137. The van der Waals surface area contributed by atoms with E-state index in [2.05, 4.69) is 82.1 Å². The molecule has 4 aromatic carbocycles. The zero-order valence-electron chi connectivity index (χ0n) is 34.2. The molecule has 5 N–H and O–H groups in total. The fourth-order valence-corrected chi connectivity index (χ4v) is 8.24. The zero-order chi connectivity index (χ0) is 42.2. The number of nitrogens with one attached hydrogen (secondary N) is 3. The number of pyridine rings is 1. The van der Waals surface area contributed by atoms with Gasteiger partial charge in [-0.3, -0.25) is 19.5 Å². The Morgan fingerprint density at radius 3 is 2.38 bits per heavy atom. The van der Waals surface area contributed by atoms with Crippen molar-refractivity contribution in [1.82, 2.24) is 20.5 Å². The molecule has 13 heteroatoms. The number of carbonyl (C=O) groups excluding carboxylic acids is 1. The Labute approximate surface area is 355 Å². The van der Waals surface area contributed by atoms with Gasteiger partial charge in [0.25, 0.3) is 0 Å². The highest BCUT2D eigenvalue weighted by atomic mass is 35.5. The lowest BCUT2D eigenvalue weighted by Gasteiger charge is -2.47. The maximum absolute atomic E-state index is 11.6. The number of halogens is 1. The number of rotatable bonds is 19. The molecule has 0 radical (unpaired) electrons. The van der Waals surface area contributed by atoms with Crippen LogP contribution in [-0.2, 0) is 29.3 Å². The average Bonchev–Trinajstić information content (AvgIpc) is 3.62. The van der Waals surface area contributed by atoms with Gasteiger partial charge in [-0.1, -0.05) is 60.1 Å². The van der Waals surface area contributed by atoms with Crippen LogP contribution in [-0.4, -0.2) is 83.4 Å². The smallest absolute Gasteiger partial charge is 0.306 e. The standard InChI is InChI=1S/C47H52ClN5O7/c1-30-34(27-60-44-21-43(59-26-32-18-36(49-3)24-50-22-32)35(19-42(44)48)23-51-25-37(54)20-46(56)57)6-4-8-40(30)41-9-5-7-39(31(41)2)33-10-12-38(13-11-33)58-17-16-53-28-47(29-53)15-14-45(55)52-47/h4-13,18-19,21-22,24,37,49,51,54H,14-17,20,23,25-29H2,1-3H3,(H,52,55)(H,56,57)/t37-/m0/s1. The molecule has 0 saturated carbocycles. The zero-order valence-corrected chi connectivity index (χ0v) is 35.0. The molecule has 2 aliphatic rings. The molecule has 2 fully saturated rings. The third kappa shape index (κ3) is 10.4. The second-order valence-corrected chi connectivity index (χ2v) is 16.1. The van der Waals surface area contributed by atoms with Crippen molar-refractivity contribution >= 4 is 29.2 Å². The van der Waals surface area contributed by atoms with Gasteiger partial charge in [-0.25, -0.2) is 0 Å². The number of nitrogens with zero attached hydrogens (tertiary/aromatic N) is 2. The Balaban J connectivity index is 1.01. The number of aliphatic carboxylic acids is 1. The van der Waals surface area contributed by atoms with E-state index in [0.29, 0.717) is 29.5 Å². The Morgan fingerprint density at radius 2 is 1.65 bits per heavy atom. The highest BCUT2D eigenvalue weighted by molar-refractivity contribution is 6.32. The lowest BCUT2D eigenvalue weighted by Crippen LogP contribution is -2.67. The van der Waals surface area contributed by atoms with Crippen molar-refractivity contribution in [3.05, 3.63) is 124 Å². The molecule has 1 atom stereocenters. The molecule has 1 aromatic heterocycles. The number of aromatic nitrogens is 1. The maximum atomic E-state index is 11.6. The third-order valence-electron chi connectivity index (χ3n) is 11.3. The van der Waals surface area contributed by atoms with Crippen LogP contribution in [0.4, 0.5) is 5.69 Å². The fourth-order valence-electron chi connectivity index (χ4n) is 8.00. The van der Waals surface area contributed by atoms with Gasteiger partial charge < -0.3 is 40.4 Å². The van der Waals surface area contributed by atoms with Crippen molar-refractivity contribution in [3.63, 3.8) is 0 Å². The summed E-state index contributed by atoms with van der Waals surface area (Å²) in [6.45, 7) is 8.32. The molecule has 0 unspecified atom stereocenters. The van der Waals surface area contributed by atoms with E-state index in [1.165, 1.54) is 0 Å². The average molecular weight is 834 g/mol. The molecule has 7 rings (SSSR count). The molecule has 60 heavy (non-hydrogen) atoms. The Hall–Kier alpha value is -5.66. The van der Waals surface area contributed by atoms with Crippen LogP contribution in [0.2, 0.25) is 5.02 Å². The molecule has 5 aromatic rings. The normalized spacial score (nSPS) is 15.0. The van der Waals surface area contributed by atoms with Crippen molar-refractivity contribution < 1.29 is 34.0 Å². The number of amides is 1. The molecular formula is C47H52ClN5O7. The minimum Gasteiger partial charge on any atom is -0.492 e. The summed E-state index contributed by atoms with van der Waals surface area (Å²) < 4.78 is 18.8. The molecule has 314 valence electrons. The number of hydrogen-bond acceptors (Lipinski definition) is 10. The monoisotopic (exact) mass is 833 g/mol. The van der Waals surface area contributed by atoms with Crippen LogP contribution >= 0.6 is 11.6 Å². The number of carbonyl (C=O) groups is 2. The van der Waals surface area contributed by atoms with Crippen LogP contribution in [0.1, 0.15) is 47.1 Å².